The summed E-state index contributed by atoms with van der Waals surface area (Å²) < 4.78 is 20.6. The molecule has 122 valence electrons. The third-order valence-corrected chi connectivity index (χ3v) is 7.50. The van der Waals surface area contributed by atoms with Crippen LogP contribution in [-0.2, 0) is 35.1 Å². The quantitative estimate of drug-likeness (QED) is 0.591. The molecule has 2 unspecified atom stereocenters. The normalized spacial score (nSPS) is 23.4. The summed E-state index contributed by atoms with van der Waals surface area (Å²) in [6.45, 7) is 5.59. The van der Waals surface area contributed by atoms with Crippen LogP contribution in [-0.4, -0.2) is 49.8 Å². The van der Waals surface area contributed by atoms with Gasteiger partial charge in [-0.3, -0.25) is 0 Å². The summed E-state index contributed by atoms with van der Waals surface area (Å²) in [4.78, 5) is 23.4. The molecule has 1 N–H and O–H groups in total. The number of rotatable bonds is 5. The lowest BCUT2D eigenvalue weighted by Crippen LogP contribution is -2.46. The number of ether oxygens (including phenoxy) is 2. The van der Waals surface area contributed by atoms with E-state index < -0.39 is 29.4 Å². The third-order valence-electron chi connectivity index (χ3n) is 2.16. The van der Waals surface area contributed by atoms with Crippen molar-refractivity contribution in [2.24, 2.45) is 0 Å². The van der Waals surface area contributed by atoms with Crippen molar-refractivity contribution in [3.05, 3.63) is 0 Å². The Morgan fingerprint density at radius 2 is 2.14 bits per heavy atom. The number of carbonyl (C=O) groups excluding carboxylic acids is 2. The van der Waals surface area contributed by atoms with Crippen LogP contribution in [0, 0.1) is 0 Å². The van der Waals surface area contributed by atoms with E-state index in [0.717, 1.165) is 5.75 Å². The van der Waals surface area contributed by atoms with Crippen LogP contribution in [0.2, 0.25) is 0 Å². The molecule has 0 radical (unpaired) electrons. The van der Waals surface area contributed by atoms with E-state index in [1.165, 1.54) is 18.5 Å². The highest BCUT2D eigenvalue weighted by Gasteiger charge is 2.31. The summed E-state index contributed by atoms with van der Waals surface area (Å²) in [6.07, 6.45) is -0.724. The Morgan fingerprint density at radius 1 is 1.48 bits per heavy atom. The van der Waals surface area contributed by atoms with Crippen molar-refractivity contribution >= 4 is 40.9 Å². The Bertz CT molecular complexity index is 429. The van der Waals surface area contributed by atoms with Crippen LogP contribution in [0.25, 0.3) is 0 Å². The maximum absolute atomic E-state index is 11.7. The van der Waals surface area contributed by atoms with Gasteiger partial charge in [0.05, 0.1) is 20.3 Å². The number of hydrogen-bond acceptors (Lipinski definition) is 8. The lowest BCUT2D eigenvalue weighted by molar-refractivity contribution is -0.143. The summed E-state index contributed by atoms with van der Waals surface area (Å²) in [5.74, 6) is 0.131. The van der Waals surface area contributed by atoms with E-state index in [0.29, 0.717) is 6.61 Å². The lowest BCUT2D eigenvalue weighted by Gasteiger charge is -2.23. The van der Waals surface area contributed by atoms with Crippen LogP contribution >= 0.6 is 17.1 Å². The fourth-order valence-electron chi connectivity index (χ4n) is 1.34. The molecule has 2 atom stereocenters. The molecular weight excluding hydrogens is 337 g/mol. The molecule has 1 fully saturated rings. The monoisotopic (exact) mass is 357 g/mol. The average Bonchev–Trinajstić information content (AvgIpc) is 2.78. The molecule has 0 bridgehead atoms. The molecule has 0 aliphatic carbocycles. The summed E-state index contributed by atoms with van der Waals surface area (Å²) in [6, 6.07) is -0.991. The van der Waals surface area contributed by atoms with Crippen molar-refractivity contribution in [3.63, 3.8) is 0 Å². The standard InChI is InChI=1S/C11H20NO6PS2/c1-11(2,3)18-10(14)12-8(9(13)15-4)7-17-19(20)16-5-6-21-19/h8H,5-7H2,1-4H3,(H,12,14). The Balaban J connectivity index is 2.57. The zero-order valence-corrected chi connectivity index (χ0v) is 14.9. The second-order valence-electron chi connectivity index (χ2n) is 5.13. The number of nitrogens with one attached hydrogen (secondary N) is 1. The molecule has 1 aliphatic heterocycles. The van der Waals surface area contributed by atoms with Gasteiger partial charge >= 0.3 is 12.1 Å². The molecule has 0 spiro atoms. The first kappa shape index (κ1) is 18.7. The van der Waals surface area contributed by atoms with E-state index >= 15 is 0 Å². The van der Waals surface area contributed by atoms with Crippen LogP contribution < -0.4 is 5.32 Å². The van der Waals surface area contributed by atoms with Crippen molar-refractivity contribution in [1.82, 2.24) is 5.32 Å². The second kappa shape index (κ2) is 7.78. The van der Waals surface area contributed by atoms with E-state index in [1.807, 2.05) is 0 Å². The lowest BCUT2D eigenvalue weighted by atomic mass is 10.2. The number of carbonyl (C=O) groups is 2. The summed E-state index contributed by atoms with van der Waals surface area (Å²) >= 11 is 6.66. The fraction of sp³-hybridized carbons (Fsp3) is 0.818. The maximum Gasteiger partial charge on any atom is 0.408 e. The first-order valence-electron chi connectivity index (χ1n) is 6.26. The molecule has 7 nitrogen and oxygen atoms in total. The molecular formula is C11H20NO6PS2. The van der Waals surface area contributed by atoms with Crippen molar-refractivity contribution in [2.45, 2.75) is 32.4 Å². The molecule has 1 amide bonds. The van der Waals surface area contributed by atoms with Gasteiger partial charge in [0.25, 0.3) is 0 Å². The summed E-state index contributed by atoms with van der Waals surface area (Å²) in [5.41, 5.74) is -3.07. The van der Waals surface area contributed by atoms with E-state index in [4.69, 9.17) is 25.6 Å². The molecule has 21 heavy (non-hydrogen) atoms. The van der Waals surface area contributed by atoms with Crippen LogP contribution in [0.3, 0.4) is 0 Å². The molecule has 0 aromatic carbocycles. The van der Waals surface area contributed by atoms with Crippen molar-refractivity contribution in [2.75, 3.05) is 26.1 Å². The van der Waals surface area contributed by atoms with Gasteiger partial charge < -0.3 is 23.8 Å². The number of esters is 1. The highest BCUT2D eigenvalue weighted by Crippen LogP contribution is 2.64. The molecule has 10 heteroatoms. The Labute approximate surface area is 133 Å². The molecule has 1 heterocycles. The average molecular weight is 357 g/mol. The smallest absolute Gasteiger partial charge is 0.408 e. The molecule has 0 aromatic heterocycles. The molecule has 1 aliphatic rings. The minimum absolute atomic E-state index is 0.115. The Morgan fingerprint density at radius 3 is 2.62 bits per heavy atom. The Kier molecular flexibility index (Phi) is 6.93. The van der Waals surface area contributed by atoms with Gasteiger partial charge in [-0.15, -0.1) is 0 Å². The van der Waals surface area contributed by atoms with Crippen molar-refractivity contribution in [3.8, 4) is 0 Å². The fourth-order valence-corrected chi connectivity index (χ4v) is 5.54. The largest absolute Gasteiger partial charge is 0.467 e. The zero-order valence-electron chi connectivity index (χ0n) is 12.4. The number of alkyl carbamates (subject to hydrolysis) is 1. The minimum Gasteiger partial charge on any atom is -0.467 e. The summed E-state index contributed by atoms with van der Waals surface area (Å²) in [5, 5.41) is 2.41. The van der Waals surface area contributed by atoms with E-state index in [1.54, 1.807) is 20.8 Å². The maximum atomic E-state index is 11.7. The van der Waals surface area contributed by atoms with Crippen LogP contribution in [0.1, 0.15) is 20.8 Å². The van der Waals surface area contributed by atoms with Gasteiger partial charge in [-0.1, -0.05) is 11.4 Å². The first-order valence-corrected chi connectivity index (χ1v) is 10.5. The third kappa shape index (κ3) is 6.97. The second-order valence-corrected chi connectivity index (χ2v) is 11.6. The minimum atomic E-state index is -2.41. The molecule has 1 rings (SSSR count). The van der Waals surface area contributed by atoms with Crippen molar-refractivity contribution < 1.29 is 28.1 Å². The van der Waals surface area contributed by atoms with Gasteiger partial charge in [0.1, 0.15) is 5.60 Å². The number of methoxy groups -OCH3 is 1. The number of amides is 1. The van der Waals surface area contributed by atoms with E-state index in [2.05, 4.69) is 10.1 Å². The van der Waals surface area contributed by atoms with Gasteiger partial charge in [0, 0.05) is 5.75 Å². The zero-order chi connectivity index (χ0) is 16.1. The van der Waals surface area contributed by atoms with Crippen molar-refractivity contribution in [1.29, 1.82) is 0 Å². The van der Waals surface area contributed by atoms with Gasteiger partial charge in [0.15, 0.2) is 6.04 Å². The van der Waals surface area contributed by atoms with E-state index in [-0.39, 0.29) is 6.61 Å². The van der Waals surface area contributed by atoms with Crippen LogP contribution in [0.4, 0.5) is 4.79 Å². The highest BCUT2D eigenvalue weighted by molar-refractivity contribution is 8.68. The van der Waals surface area contributed by atoms with Gasteiger partial charge in [0.2, 0.25) is 5.69 Å². The molecule has 1 saturated heterocycles. The highest BCUT2D eigenvalue weighted by atomic mass is 32.9. The van der Waals surface area contributed by atoms with Crippen LogP contribution in [0.5, 0.6) is 0 Å². The van der Waals surface area contributed by atoms with Gasteiger partial charge in [-0.25, -0.2) is 9.59 Å². The molecule has 0 aromatic rings. The molecule has 0 saturated carbocycles. The summed E-state index contributed by atoms with van der Waals surface area (Å²) in [7, 11) is 1.23. The van der Waals surface area contributed by atoms with Gasteiger partial charge in [-0.2, -0.15) is 0 Å². The van der Waals surface area contributed by atoms with E-state index in [9.17, 15) is 9.59 Å². The number of hydrogen-bond donors (Lipinski definition) is 1. The Hall–Kier alpha value is -0.340. The SMILES string of the molecule is COC(=O)C(COP1(=S)OCCS1)NC(=O)OC(C)(C)C. The van der Waals surface area contributed by atoms with Gasteiger partial charge in [-0.05, 0) is 32.6 Å². The first-order chi connectivity index (χ1) is 9.65. The van der Waals surface area contributed by atoms with Crippen LogP contribution in [0.15, 0.2) is 0 Å². The predicted molar refractivity (Wildman–Crippen MR) is 83.8 cm³/mol. The topological polar surface area (TPSA) is 83.1 Å². The predicted octanol–water partition coefficient (Wildman–Crippen LogP) is 2.06.